The summed E-state index contributed by atoms with van der Waals surface area (Å²) in [5.41, 5.74) is 2.51. The second kappa shape index (κ2) is 9.26. The lowest BCUT2D eigenvalue weighted by Gasteiger charge is -2.16. The van der Waals surface area contributed by atoms with Crippen molar-refractivity contribution in [2.45, 2.75) is 13.0 Å². The molecule has 1 aromatic heterocycles. The summed E-state index contributed by atoms with van der Waals surface area (Å²) in [4.78, 5) is 28.0. The number of carboxylic acid groups (broad SMARTS) is 1. The summed E-state index contributed by atoms with van der Waals surface area (Å²) in [6.07, 6.45) is 0.762. The number of aromatic carboxylic acids is 1. The van der Waals surface area contributed by atoms with Crippen LogP contribution in [0.2, 0.25) is 5.02 Å². The van der Waals surface area contributed by atoms with Crippen LogP contribution >= 0.6 is 11.6 Å². The van der Waals surface area contributed by atoms with Crippen molar-refractivity contribution in [1.29, 1.82) is 0 Å². The minimum absolute atomic E-state index is 0.0686. The number of aromatic nitrogens is 1. The lowest BCUT2D eigenvalue weighted by atomic mass is 10.0. The molecule has 6 nitrogen and oxygen atoms in total. The first-order valence-electron chi connectivity index (χ1n) is 9.97. The maximum absolute atomic E-state index is 13.4. The van der Waals surface area contributed by atoms with Crippen molar-refractivity contribution < 1.29 is 23.8 Å². The number of pyridine rings is 1. The Hall–Kier alpha value is -3.97. The molecule has 1 amide bonds. The maximum Gasteiger partial charge on any atom is 0.335 e. The number of halogens is 2. The van der Waals surface area contributed by atoms with E-state index in [1.807, 2.05) is 0 Å². The van der Waals surface area contributed by atoms with Gasteiger partial charge in [0.2, 0.25) is 0 Å². The number of nitrogens with zero attached hydrogens (tertiary/aromatic N) is 1. The van der Waals surface area contributed by atoms with Crippen LogP contribution in [0.15, 0.2) is 72.9 Å². The summed E-state index contributed by atoms with van der Waals surface area (Å²) in [5.74, 6) is -1.50. The van der Waals surface area contributed by atoms with Gasteiger partial charge in [0.05, 0.1) is 16.1 Å². The fourth-order valence-corrected chi connectivity index (χ4v) is 3.64. The SMILES string of the molecule is CC(Oc1ccc2c(-c3ccc(F)cc3Cl)ccnc2c1)C(=O)Nc1cccc(C(=O)O)c1. The van der Waals surface area contributed by atoms with Crippen LogP contribution in [0.4, 0.5) is 10.1 Å². The zero-order chi connectivity index (χ0) is 23.5. The first-order valence-corrected chi connectivity index (χ1v) is 10.3. The highest BCUT2D eigenvalue weighted by Crippen LogP contribution is 2.34. The summed E-state index contributed by atoms with van der Waals surface area (Å²) < 4.78 is 19.2. The van der Waals surface area contributed by atoms with Gasteiger partial charge in [-0.15, -0.1) is 0 Å². The molecular weight excluding hydrogens is 447 g/mol. The molecule has 0 fully saturated rings. The lowest BCUT2D eigenvalue weighted by molar-refractivity contribution is -0.122. The minimum atomic E-state index is -1.08. The molecule has 4 rings (SSSR count). The van der Waals surface area contributed by atoms with Gasteiger partial charge < -0.3 is 15.2 Å². The molecule has 0 aliphatic carbocycles. The fraction of sp³-hybridized carbons (Fsp3) is 0.0800. The summed E-state index contributed by atoms with van der Waals surface area (Å²) in [6, 6.07) is 17.2. The Bertz CT molecular complexity index is 1380. The van der Waals surface area contributed by atoms with Crippen molar-refractivity contribution >= 4 is 40.1 Å². The normalized spacial score (nSPS) is 11.7. The number of ether oxygens (including phenoxy) is 1. The third-order valence-electron chi connectivity index (χ3n) is 4.99. The Morgan fingerprint density at radius 1 is 1.06 bits per heavy atom. The van der Waals surface area contributed by atoms with Crippen molar-refractivity contribution in [2.75, 3.05) is 5.32 Å². The van der Waals surface area contributed by atoms with Crippen LogP contribution in [0, 0.1) is 5.82 Å². The number of hydrogen-bond donors (Lipinski definition) is 2. The Kier molecular flexibility index (Phi) is 6.24. The number of amides is 1. The van der Waals surface area contributed by atoms with E-state index < -0.39 is 23.8 Å². The van der Waals surface area contributed by atoms with E-state index in [2.05, 4.69) is 10.3 Å². The Balaban J connectivity index is 1.54. The molecule has 0 bridgehead atoms. The number of rotatable bonds is 6. The minimum Gasteiger partial charge on any atom is -0.481 e. The van der Waals surface area contributed by atoms with Crippen molar-refractivity contribution in [3.63, 3.8) is 0 Å². The fourth-order valence-electron chi connectivity index (χ4n) is 3.38. The Labute approximate surface area is 193 Å². The highest BCUT2D eigenvalue weighted by molar-refractivity contribution is 6.33. The predicted octanol–water partition coefficient (Wildman–Crippen LogP) is 5.80. The third kappa shape index (κ3) is 4.94. The van der Waals surface area contributed by atoms with E-state index in [-0.39, 0.29) is 5.56 Å². The molecule has 1 atom stereocenters. The number of carbonyl (C=O) groups is 2. The topological polar surface area (TPSA) is 88.5 Å². The van der Waals surface area contributed by atoms with Gasteiger partial charge in [0.15, 0.2) is 6.10 Å². The molecule has 4 aromatic rings. The zero-order valence-corrected chi connectivity index (χ0v) is 18.1. The quantitative estimate of drug-likeness (QED) is 0.376. The van der Waals surface area contributed by atoms with Crippen LogP contribution < -0.4 is 10.1 Å². The van der Waals surface area contributed by atoms with Gasteiger partial charge in [-0.2, -0.15) is 0 Å². The van der Waals surface area contributed by atoms with Crippen molar-refractivity contribution in [3.05, 3.63) is 89.3 Å². The third-order valence-corrected chi connectivity index (χ3v) is 5.31. The molecule has 0 saturated heterocycles. The molecule has 8 heteroatoms. The first kappa shape index (κ1) is 22.2. The van der Waals surface area contributed by atoms with Crippen molar-refractivity contribution in [1.82, 2.24) is 4.98 Å². The van der Waals surface area contributed by atoms with Gasteiger partial charge in [0.1, 0.15) is 11.6 Å². The van der Waals surface area contributed by atoms with Crippen LogP contribution in [-0.4, -0.2) is 28.1 Å². The smallest absolute Gasteiger partial charge is 0.335 e. The second-order valence-electron chi connectivity index (χ2n) is 7.30. The van der Waals surface area contributed by atoms with Crippen LogP contribution in [0.25, 0.3) is 22.0 Å². The van der Waals surface area contributed by atoms with Crippen LogP contribution in [-0.2, 0) is 4.79 Å². The second-order valence-corrected chi connectivity index (χ2v) is 7.70. The summed E-state index contributed by atoms with van der Waals surface area (Å²) in [6.45, 7) is 1.59. The van der Waals surface area contributed by atoms with Crippen molar-refractivity contribution in [3.8, 4) is 16.9 Å². The number of hydrogen-bond acceptors (Lipinski definition) is 4. The molecule has 1 unspecified atom stereocenters. The van der Waals surface area contributed by atoms with E-state index >= 15 is 0 Å². The Morgan fingerprint density at radius 2 is 1.88 bits per heavy atom. The van der Waals surface area contributed by atoms with Gasteiger partial charge >= 0.3 is 5.97 Å². The zero-order valence-electron chi connectivity index (χ0n) is 17.4. The number of carboxylic acids is 1. The molecule has 0 aliphatic heterocycles. The molecule has 1 heterocycles. The van der Waals surface area contributed by atoms with Gasteiger partial charge in [0.25, 0.3) is 5.91 Å². The maximum atomic E-state index is 13.4. The van der Waals surface area contributed by atoms with E-state index in [9.17, 15) is 14.0 Å². The van der Waals surface area contributed by atoms with Gasteiger partial charge in [-0.25, -0.2) is 9.18 Å². The van der Waals surface area contributed by atoms with Crippen LogP contribution in [0.1, 0.15) is 17.3 Å². The number of anilines is 1. The standard InChI is InChI=1S/C25H18ClFN2O4/c1-14(24(30)29-17-4-2-3-15(11-17)25(31)32)33-18-6-8-21-19(9-10-28-23(21)13-18)20-7-5-16(27)12-22(20)26/h2-14H,1H3,(H,29,30)(H,31,32). The number of nitrogens with one attached hydrogen (secondary N) is 1. The lowest BCUT2D eigenvalue weighted by Crippen LogP contribution is -2.30. The van der Waals surface area contributed by atoms with E-state index in [0.29, 0.717) is 27.5 Å². The van der Waals surface area contributed by atoms with E-state index in [1.165, 1.54) is 24.3 Å². The van der Waals surface area contributed by atoms with E-state index in [0.717, 1.165) is 10.9 Å². The van der Waals surface area contributed by atoms with E-state index in [1.54, 1.807) is 55.6 Å². The molecule has 0 spiro atoms. The van der Waals surface area contributed by atoms with Gasteiger partial charge in [-0.1, -0.05) is 17.7 Å². The average Bonchev–Trinajstić information content (AvgIpc) is 2.79. The molecule has 0 saturated carbocycles. The molecule has 33 heavy (non-hydrogen) atoms. The number of carbonyl (C=O) groups excluding carboxylic acids is 1. The highest BCUT2D eigenvalue weighted by Gasteiger charge is 2.17. The average molecular weight is 465 g/mol. The number of benzene rings is 3. The monoisotopic (exact) mass is 464 g/mol. The highest BCUT2D eigenvalue weighted by atomic mass is 35.5. The number of fused-ring (bicyclic) bond motifs is 1. The molecule has 3 aromatic carbocycles. The summed E-state index contributed by atoms with van der Waals surface area (Å²) in [7, 11) is 0. The first-order chi connectivity index (χ1) is 15.8. The van der Waals surface area contributed by atoms with Crippen molar-refractivity contribution in [2.24, 2.45) is 0 Å². The molecule has 0 aliphatic rings. The molecule has 2 N–H and O–H groups in total. The molecule has 166 valence electrons. The molecular formula is C25H18ClFN2O4. The van der Waals surface area contributed by atoms with Gasteiger partial charge in [-0.3, -0.25) is 9.78 Å². The van der Waals surface area contributed by atoms with Crippen LogP contribution in [0.5, 0.6) is 5.75 Å². The summed E-state index contributed by atoms with van der Waals surface area (Å²) in [5, 5.41) is 12.8. The Morgan fingerprint density at radius 3 is 2.64 bits per heavy atom. The molecule has 0 radical (unpaired) electrons. The van der Waals surface area contributed by atoms with E-state index in [4.69, 9.17) is 21.4 Å². The van der Waals surface area contributed by atoms with Gasteiger partial charge in [-0.05, 0) is 67.1 Å². The predicted molar refractivity (Wildman–Crippen MR) is 124 cm³/mol. The van der Waals surface area contributed by atoms with Gasteiger partial charge in [0, 0.05) is 28.9 Å². The largest absolute Gasteiger partial charge is 0.481 e. The summed E-state index contributed by atoms with van der Waals surface area (Å²) >= 11 is 6.23. The van der Waals surface area contributed by atoms with Crippen LogP contribution in [0.3, 0.4) is 0 Å².